The maximum Gasteiger partial charge on any atom is 0.269 e. The van der Waals surface area contributed by atoms with E-state index in [2.05, 4.69) is 25.8 Å². The fourth-order valence-corrected chi connectivity index (χ4v) is 2.09. The van der Waals surface area contributed by atoms with E-state index in [1.807, 2.05) is 19.1 Å². The van der Waals surface area contributed by atoms with Crippen LogP contribution in [0.25, 0.3) is 5.82 Å². The van der Waals surface area contributed by atoms with Gasteiger partial charge in [0.1, 0.15) is 18.3 Å². The SMILES string of the molecule is Cc1ccccc1C(=O)NNc1ncnc(-n2ccnc2)c1N. The molecule has 3 rings (SSSR count). The molecule has 0 saturated carbocycles. The summed E-state index contributed by atoms with van der Waals surface area (Å²) in [5.41, 5.74) is 13.1. The predicted molar refractivity (Wildman–Crippen MR) is 85.8 cm³/mol. The molecule has 2 heterocycles. The molecule has 0 aliphatic carbocycles. The second-order valence-electron chi connectivity index (χ2n) is 4.82. The fourth-order valence-electron chi connectivity index (χ4n) is 2.09. The van der Waals surface area contributed by atoms with Gasteiger partial charge in [-0.15, -0.1) is 0 Å². The lowest BCUT2D eigenvalue weighted by atomic mass is 10.1. The number of nitrogen functional groups attached to an aromatic ring is 1. The largest absolute Gasteiger partial charge is 0.393 e. The van der Waals surface area contributed by atoms with Gasteiger partial charge in [0.2, 0.25) is 0 Å². The van der Waals surface area contributed by atoms with Crippen LogP contribution in [0, 0.1) is 6.92 Å². The van der Waals surface area contributed by atoms with Gasteiger partial charge in [0.05, 0.1) is 0 Å². The highest BCUT2D eigenvalue weighted by atomic mass is 16.2. The monoisotopic (exact) mass is 309 g/mol. The summed E-state index contributed by atoms with van der Waals surface area (Å²) in [4.78, 5) is 24.3. The number of benzene rings is 1. The molecule has 116 valence electrons. The highest BCUT2D eigenvalue weighted by molar-refractivity contribution is 5.96. The van der Waals surface area contributed by atoms with E-state index in [1.165, 1.54) is 6.33 Å². The van der Waals surface area contributed by atoms with Crippen LogP contribution in [-0.4, -0.2) is 25.4 Å². The average molecular weight is 309 g/mol. The Bertz CT molecular complexity index is 830. The van der Waals surface area contributed by atoms with Crippen LogP contribution < -0.4 is 16.6 Å². The molecule has 0 atom stereocenters. The lowest BCUT2D eigenvalue weighted by molar-refractivity contribution is 0.0962. The number of aromatic nitrogens is 4. The molecule has 0 unspecified atom stereocenters. The third-order valence-corrected chi connectivity index (χ3v) is 3.30. The Balaban J connectivity index is 1.78. The van der Waals surface area contributed by atoms with Crippen molar-refractivity contribution in [2.75, 3.05) is 11.2 Å². The second kappa shape index (κ2) is 6.14. The third kappa shape index (κ3) is 2.95. The molecule has 0 radical (unpaired) electrons. The summed E-state index contributed by atoms with van der Waals surface area (Å²) in [6.45, 7) is 1.87. The molecule has 3 aromatic rings. The van der Waals surface area contributed by atoms with Gasteiger partial charge in [0, 0.05) is 18.0 Å². The van der Waals surface area contributed by atoms with E-state index in [9.17, 15) is 4.79 Å². The highest BCUT2D eigenvalue weighted by Gasteiger charge is 2.12. The van der Waals surface area contributed by atoms with Gasteiger partial charge in [-0.05, 0) is 18.6 Å². The van der Waals surface area contributed by atoms with E-state index in [0.29, 0.717) is 22.9 Å². The van der Waals surface area contributed by atoms with Crippen LogP contribution in [0.15, 0.2) is 49.3 Å². The number of hydrogen-bond acceptors (Lipinski definition) is 6. The van der Waals surface area contributed by atoms with Crippen molar-refractivity contribution in [3.63, 3.8) is 0 Å². The molecule has 0 saturated heterocycles. The Morgan fingerprint density at radius 1 is 1.26 bits per heavy atom. The molecular weight excluding hydrogens is 294 g/mol. The maximum atomic E-state index is 12.2. The van der Waals surface area contributed by atoms with Crippen molar-refractivity contribution in [1.82, 2.24) is 24.9 Å². The summed E-state index contributed by atoms with van der Waals surface area (Å²) in [5, 5.41) is 0. The molecule has 1 aromatic carbocycles. The predicted octanol–water partition coefficient (Wildman–Crippen LogP) is 1.31. The van der Waals surface area contributed by atoms with Crippen molar-refractivity contribution in [2.45, 2.75) is 6.92 Å². The normalized spacial score (nSPS) is 10.3. The van der Waals surface area contributed by atoms with Crippen molar-refractivity contribution >= 4 is 17.4 Å². The first-order valence-corrected chi connectivity index (χ1v) is 6.87. The van der Waals surface area contributed by atoms with Gasteiger partial charge >= 0.3 is 0 Å². The standard InChI is InChI=1S/C15H15N7O/c1-10-4-2-3-5-11(10)15(23)21-20-13-12(16)14(19-8-18-13)22-7-6-17-9-22/h2-9H,16H2,1H3,(H,21,23)(H,18,19,20). The summed E-state index contributed by atoms with van der Waals surface area (Å²) >= 11 is 0. The number of nitrogens with two attached hydrogens (primary N) is 1. The van der Waals surface area contributed by atoms with Crippen LogP contribution in [0.2, 0.25) is 0 Å². The van der Waals surface area contributed by atoms with Gasteiger partial charge in [-0.2, -0.15) is 0 Å². The van der Waals surface area contributed by atoms with Crippen LogP contribution in [0.5, 0.6) is 0 Å². The quantitative estimate of drug-likeness (QED) is 0.627. The lowest BCUT2D eigenvalue weighted by Gasteiger charge is -2.12. The minimum Gasteiger partial charge on any atom is -0.393 e. The molecule has 0 bridgehead atoms. The number of nitrogens with one attached hydrogen (secondary N) is 2. The van der Waals surface area contributed by atoms with Gasteiger partial charge in [-0.3, -0.25) is 20.2 Å². The zero-order chi connectivity index (χ0) is 16.2. The van der Waals surface area contributed by atoms with E-state index >= 15 is 0 Å². The average Bonchev–Trinajstić information content (AvgIpc) is 3.08. The van der Waals surface area contributed by atoms with Crippen molar-refractivity contribution in [3.8, 4) is 5.82 Å². The molecular formula is C15H15N7O. The van der Waals surface area contributed by atoms with E-state index in [1.54, 1.807) is 35.4 Å². The smallest absolute Gasteiger partial charge is 0.269 e. The van der Waals surface area contributed by atoms with Gasteiger partial charge in [-0.25, -0.2) is 15.0 Å². The summed E-state index contributed by atoms with van der Waals surface area (Å²) in [6.07, 6.45) is 6.27. The molecule has 0 aliphatic rings. The van der Waals surface area contributed by atoms with Crippen molar-refractivity contribution in [1.29, 1.82) is 0 Å². The van der Waals surface area contributed by atoms with Crippen LogP contribution in [0.3, 0.4) is 0 Å². The molecule has 1 amide bonds. The number of hydrazine groups is 1. The van der Waals surface area contributed by atoms with Crippen molar-refractivity contribution in [3.05, 3.63) is 60.4 Å². The molecule has 2 aromatic heterocycles. The molecule has 0 aliphatic heterocycles. The maximum absolute atomic E-state index is 12.2. The van der Waals surface area contributed by atoms with Gasteiger partial charge in [0.15, 0.2) is 11.6 Å². The van der Waals surface area contributed by atoms with E-state index in [4.69, 9.17) is 5.73 Å². The second-order valence-corrected chi connectivity index (χ2v) is 4.82. The molecule has 0 spiro atoms. The summed E-state index contributed by atoms with van der Waals surface area (Å²) < 4.78 is 1.66. The van der Waals surface area contributed by atoms with E-state index in [-0.39, 0.29) is 5.91 Å². The number of carbonyl (C=O) groups excluding carboxylic acids is 1. The first-order chi connectivity index (χ1) is 11.2. The number of carbonyl (C=O) groups is 1. The highest BCUT2D eigenvalue weighted by Crippen LogP contribution is 2.20. The van der Waals surface area contributed by atoms with Crippen LogP contribution in [0.1, 0.15) is 15.9 Å². The number of aryl methyl sites for hydroxylation is 1. The number of anilines is 2. The first kappa shape index (κ1) is 14.5. The summed E-state index contributed by atoms with van der Waals surface area (Å²) in [6, 6.07) is 7.29. The Hall–Kier alpha value is -3.42. The molecule has 4 N–H and O–H groups in total. The van der Waals surface area contributed by atoms with Gasteiger partial charge in [-0.1, -0.05) is 18.2 Å². The van der Waals surface area contributed by atoms with E-state index < -0.39 is 0 Å². The first-order valence-electron chi connectivity index (χ1n) is 6.87. The summed E-state index contributed by atoms with van der Waals surface area (Å²) in [5.74, 6) is 0.515. The van der Waals surface area contributed by atoms with Crippen molar-refractivity contribution in [2.24, 2.45) is 0 Å². The Morgan fingerprint density at radius 2 is 2.09 bits per heavy atom. The Kier molecular flexibility index (Phi) is 3.88. The topological polar surface area (TPSA) is 111 Å². The van der Waals surface area contributed by atoms with Crippen LogP contribution >= 0.6 is 0 Å². The number of nitrogens with zero attached hydrogens (tertiary/aromatic N) is 4. The molecule has 0 fully saturated rings. The van der Waals surface area contributed by atoms with Gasteiger partial charge in [0.25, 0.3) is 5.91 Å². The van der Waals surface area contributed by atoms with E-state index in [0.717, 1.165) is 5.56 Å². The number of amides is 1. The zero-order valence-corrected chi connectivity index (χ0v) is 12.4. The zero-order valence-electron chi connectivity index (χ0n) is 12.4. The number of rotatable bonds is 4. The fraction of sp³-hybridized carbons (Fsp3) is 0.0667. The Morgan fingerprint density at radius 3 is 2.83 bits per heavy atom. The molecule has 23 heavy (non-hydrogen) atoms. The Labute approximate surface area is 132 Å². The number of hydrogen-bond donors (Lipinski definition) is 3. The van der Waals surface area contributed by atoms with Crippen molar-refractivity contribution < 1.29 is 4.79 Å². The van der Waals surface area contributed by atoms with Crippen LogP contribution in [0.4, 0.5) is 11.5 Å². The number of imidazole rings is 1. The molecule has 8 heteroatoms. The molecule has 8 nitrogen and oxygen atoms in total. The van der Waals surface area contributed by atoms with Crippen LogP contribution in [-0.2, 0) is 0 Å². The minimum absolute atomic E-state index is 0.273. The van der Waals surface area contributed by atoms with Gasteiger partial charge < -0.3 is 5.73 Å². The lowest BCUT2D eigenvalue weighted by Crippen LogP contribution is -2.31. The minimum atomic E-state index is -0.273. The third-order valence-electron chi connectivity index (χ3n) is 3.30. The summed E-state index contributed by atoms with van der Waals surface area (Å²) in [7, 11) is 0.